The van der Waals surface area contributed by atoms with Crippen LogP contribution in [0.2, 0.25) is 13.1 Å². The van der Waals surface area contributed by atoms with E-state index < -0.39 is 28.2 Å². The summed E-state index contributed by atoms with van der Waals surface area (Å²) in [6, 6.07) is 57.6. The Kier molecular flexibility index (Phi) is 15.6. The van der Waals surface area contributed by atoms with Crippen molar-refractivity contribution in [1.29, 1.82) is 0 Å². The van der Waals surface area contributed by atoms with Gasteiger partial charge in [0, 0.05) is 13.2 Å². The lowest BCUT2D eigenvalue weighted by Crippen LogP contribution is -2.58. The van der Waals surface area contributed by atoms with Crippen molar-refractivity contribution in [2.45, 2.75) is 58.2 Å². The van der Waals surface area contributed by atoms with Crippen LogP contribution in [0.4, 0.5) is 0 Å². The van der Waals surface area contributed by atoms with Gasteiger partial charge in [0.05, 0.1) is 7.11 Å². The molecule has 296 valence electrons. The molecule has 0 aliphatic heterocycles. The maximum Gasteiger partial charge on any atom is 0.349 e. The largest absolute Gasteiger partial charge is 0.508 e. The molecule has 0 aliphatic carbocycles. The molecule has 0 unspecified atom stereocenters. The minimum atomic E-state index is -2.25. The van der Waals surface area contributed by atoms with Crippen molar-refractivity contribution >= 4 is 43.4 Å². The van der Waals surface area contributed by atoms with E-state index >= 15 is 0 Å². The van der Waals surface area contributed by atoms with Gasteiger partial charge in [-0.15, -0.1) is 0 Å². The lowest BCUT2D eigenvalue weighted by Gasteiger charge is -2.28. The Labute approximate surface area is 341 Å². The summed E-state index contributed by atoms with van der Waals surface area (Å²) >= 11 is 0. The maximum absolute atomic E-state index is 11.8. The van der Waals surface area contributed by atoms with Crippen LogP contribution in [0.25, 0.3) is 0 Å². The Balaban J connectivity index is 0.000000224. The summed E-state index contributed by atoms with van der Waals surface area (Å²) in [5.41, 5.74) is 1.41. The van der Waals surface area contributed by atoms with Crippen molar-refractivity contribution in [2.75, 3.05) is 20.3 Å². The normalized spacial score (nSPS) is 11.6. The molecule has 0 atom stereocenters. The van der Waals surface area contributed by atoms with E-state index in [-0.39, 0.29) is 0 Å². The van der Waals surface area contributed by atoms with Crippen LogP contribution >= 0.6 is 0 Å². The summed E-state index contributed by atoms with van der Waals surface area (Å²) in [4.78, 5) is 11.8. The van der Waals surface area contributed by atoms with Crippen molar-refractivity contribution in [3.8, 4) is 11.5 Å². The zero-order valence-corrected chi connectivity index (χ0v) is 35.9. The molecule has 0 bridgehead atoms. The van der Waals surface area contributed by atoms with E-state index in [9.17, 15) is 9.90 Å². The van der Waals surface area contributed by atoms with Gasteiger partial charge in [-0.25, -0.2) is 4.79 Å². The fraction of sp³-hybridized carbons (Fsp3) is 0.245. The van der Waals surface area contributed by atoms with Gasteiger partial charge in [0.15, 0.2) is 5.60 Å². The topological polar surface area (TPSA) is 74.2 Å². The summed E-state index contributed by atoms with van der Waals surface area (Å²) < 4.78 is 23.7. The summed E-state index contributed by atoms with van der Waals surface area (Å²) in [7, 11) is -3.08. The van der Waals surface area contributed by atoms with Crippen molar-refractivity contribution in [2.24, 2.45) is 0 Å². The molecule has 57 heavy (non-hydrogen) atoms. The fourth-order valence-electron chi connectivity index (χ4n) is 6.77. The van der Waals surface area contributed by atoms with Crippen LogP contribution in [-0.4, -0.2) is 53.6 Å². The number of ether oxygens (including phenoxy) is 2. The highest BCUT2D eigenvalue weighted by Gasteiger charge is 2.35. The van der Waals surface area contributed by atoms with Crippen molar-refractivity contribution in [3.63, 3.8) is 0 Å². The lowest BCUT2D eigenvalue weighted by atomic mass is 10.1. The number of hydrogen-bond acceptors (Lipinski definition) is 6. The van der Waals surface area contributed by atoms with E-state index in [0.717, 1.165) is 32.3 Å². The van der Waals surface area contributed by atoms with E-state index in [4.69, 9.17) is 18.3 Å². The number of methoxy groups -OCH3 is 1. The summed E-state index contributed by atoms with van der Waals surface area (Å²) in [6.07, 6.45) is 3.76. The molecule has 6 aromatic rings. The van der Waals surface area contributed by atoms with Gasteiger partial charge < -0.3 is 23.4 Å². The van der Waals surface area contributed by atoms with Gasteiger partial charge >= 0.3 is 5.97 Å². The smallest absolute Gasteiger partial charge is 0.349 e. The number of aryl methyl sites for hydroxylation is 2. The van der Waals surface area contributed by atoms with E-state index in [2.05, 4.69) is 110 Å². The zero-order chi connectivity index (χ0) is 40.6. The summed E-state index contributed by atoms with van der Waals surface area (Å²) in [5, 5.41) is 14.5. The number of phenols is 1. The molecule has 6 aromatic carbocycles. The zero-order valence-electron chi connectivity index (χ0n) is 33.9. The molecule has 0 amide bonds. The third-order valence-corrected chi connectivity index (χ3v) is 17.5. The van der Waals surface area contributed by atoms with Crippen molar-refractivity contribution in [3.05, 3.63) is 181 Å². The Morgan fingerprint density at radius 3 is 1.19 bits per heavy atom. The number of benzene rings is 6. The molecular formula is C49H56O6Si2. The highest BCUT2D eigenvalue weighted by molar-refractivity contribution is 6.97. The Bertz CT molecular complexity index is 1980. The first kappa shape index (κ1) is 42.9. The van der Waals surface area contributed by atoms with Gasteiger partial charge in [-0.2, -0.15) is 0 Å². The van der Waals surface area contributed by atoms with Crippen molar-refractivity contribution in [1.82, 2.24) is 0 Å². The average molecular weight is 797 g/mol. The van der Waals surface area contributed by atoms with E-state index in [1.54, 1.807) is 26.0 Å². The highest BCUT2D eigenvalue weighted by atomic mass is 28.4. The van der Waals surface area contributed by atoms with E-state index in [0.29, 0.717) is 18.1 Å². The molecule has 0 saturated heterocycles. The number of rotatable bonds is 17. The first-order chi connectivity index (χ1) is 27.5. The minimum Gasteiger partial charge on any atom is -0.508 e. The first-order valence-electron chi connectivity index (χ1n) is 19.7. The molecule has 0 heterocycles. The maximum atomic E-state index is 11.8. The van der Waals surface area contributed by atoms with Crippen LogP contribution < -0.4 is 25.5 Å². The average Bonchev–Trinajstić information content (AvgIpc) is 3.26. The van der Waals surface area contributed by atoms with Gasteiger partial charge in [0.1, 0.15) is 11.5 Å². The van der Waals surface area contributed by atoms with Gasteiger partial charge in [-0.3, -0.25) is 0 Å². The van der Waals surface area contributed by atoms with Crippen LogP contribution in [-0.2, 0) is 31.2 Å². The third kappa shape index (κ3) is 12.1. The summed E-state index contributed by atoms with van der Waals surface area (Å²) in [6.45, 7) is 9.37. The SMILES string of the molecule is COC(=O)C(C)(C)Oc1ccc(CCCO[Si](C)(c2ccccc2)c2ccccc2)cc1.C[Si](OCCCc1ccc(O)cc1)(c1ccccc1)c1ccccc1. The molecule has 8 heteroatoms. The van der Waals surface area contributed by atoms with Crippen LogP contribution in [0.3, 0.4) is 0 Å². The van der Waals surface area contributed by atoms with Gasteiger partial charge in [0.2, 0.25) is 0 Å². The number of carbonyl (C=O) groups is 1. The molecule has 0 fully saturated rings. The second-order valence-electron chi connectivity index (χ2n) is 14.8. The predicted octanol–water partition coefficient (Wildman–Crippen LogP) is 8.09. The number of phenolic OH excluding ortho intramolecular Hbond substituents is 1. The minimum absolute atomic E-state index is 0.313. The van der Waals surface area contributed by atoms with Crippen LogP contribution in [0.5, 0.6) is 11.5 Å². The number of aromatic hydroxyl groups is 1. The molecular weight excluding hydrogens is 741 g/mol. The standard InChI is InChI=1S/C27H32O4Si.C22H24O2Si/c1-27(2,26(28)29-3)31-23-19-17-22(18-20-23)12-11-21-30-32(4,24-13-7-5-8-14-24)25-15-9-6-10-16-25;1-25(21-10-4-2-5-11-21,22-12-6-3-7-13-22)24-18-8-9-19-14-16-20(23)17-15-19/h5-10,13-20H,11-12,21H2,1-4H3;2-7,10-17,23H,8-9,18H2,1H3. The molecule has 6 rings (SSSR count). The number of esters is 1. The fourth-order valence-corrected chi connectivity index (χ4v) is 12.5. The van der Waals surface area contributed by atoms with E-state index in [1.807, 2.05) is 60.7 Å². The number of carbonyl (C=O) groups excluding carboxylic acids is 1. The predicted molar refractivity (Wildman–Crippen MR) is 237 cm³/mol. The molecule has 0 spiro atoms. The Hall–Kier alpha value is -5.26. The van der Waals surface area contributed by atoms with Crippen LogP contribution in [0.1, 0.15) is 37.8 Å². The van der Waals surface area contributed by atoms with Crippen LogP contribution in [0, 0.1) is 0 Å². The third-order valence-electron chi connectivity index (χ3n) is 10.2. The second-order valence-corrected chi connectivity index (χ2v) is 21.9. The van der Waals surface area contributed by atoms with Gasteiger partial charge in [0.25, 0.3) is 16.6 Å². The highest BCUT2D eigenvalue weighted by Crippen LogP contribution is 2.21. The Morgan fingerprint density at radius 1 is 0.526 bits per heavy atom. The number of hydrogen-bond donors (Lipinski definition) is 1. The quantitative estimate of drug-likeness (QED) is 0.0572. The molecule has 0 aliphatic rings. The second kappa shape index (κ2) is 20.8. The molecule has 1 N–H and O–H groups in total. The molecule has 0 radical (unpaired) electrons. The Morgan fingerprint density at radius 2 is 0.860 bits per heavy atom. The van der Waals surface area contributed by atoms with Gasteiger partial charge in [-0.1, -0.05) is 146 Å². The molecule has 6 nitrogen and oxygen atoms in total. The van der Waals surface area contributed by atoms with Crippen molar-refractivity contribution < 1.29 is 28.2 Å². The molecule has 0 saturated carbocycles. The lowest BCUT2D eigenvalue weighted by molar-refractivity contribution is -0.156. The van der Waals surface area contributed by atoms with Crippen LogP contribution in [0.15, 0.2) is 170 Å². The monoisotopic (exact) mass is 796 g/mol. The molecule has 0 aromatic heterocycles. The first-order valence-corrected chi connectivity index (χ1v) is 24.5. The van der Waals surface area contributed by atoms with Gasteiger partial charge in [-0.05, 0) is 109 Å². The van der Waals surface area contributed by atoms with E-state index in [1.165, 1.54) is 39.0 Å². The summed E-state index contributed by atoms with van der Waals surface area (Å²) in [5.74, 6) is 0.560.